The van der Waals surface area contributed by atoms with Crippen molar-refractivity contribution in [3.63, 3.8) is 0 Å². The highest BCUT2D eigenvalue weighted by Crippen LogP contribution is 2.17. The average Bonchev–Trinajstić information content (AvgIpc) is 2.73. The third-order valence-corrected chi connectivity index (χ3v) is 4.61. The first kappa shape index (κ1) is 20.1. The van der Waals surface area contributed by atoms with Crippen LogP contribution in [0, 0.1) is 0 Å². The number of hydrogen-bond acceptors (Lipinski definition) is 3. The van der Waals surface area contributed by atoms with Gasteiger partial charge in [0, 0.05) is 30.2 Å². The lowest BCUT2D eigenvalue weighted by atomic mass is 10.0. The molecule has 1 amide bonds. The largest absolute Gasteiger partial charge is 0.444 e. The summed E-state index contributed by atoms with van der Waals surface area (Å²) in [4.78, 5) is 14.1. The van der Waals surface area contributed by atoms with E-state index in [2.05, 4.69) is 24.4 Å². The second-order valence-corrected chi connectivity index (χ2v) is 8.43. The van der Waals surface area contributed by atoms with Crippen molar-refractivity contribution in [1.82, 2.24) is 10.2 Å². The number of rotatable bonds is 4. The van der Waals surface area contributed by atoms with E-state index in [4.69, 9.17) is 16.3 Å². The van der Waals surface area contributed by atoms with Crippen LogP contribution in [0.4, 0.5) is 4.79 Å². The molecule has 0 aromatic heterocycles. The van der Waals surface area contributed by atoms with Crippen molar-refractivity contribution in [2.24, 2.45) is 0 Å². The Labute approximate surface area is 156 Å². The van der Waals surface area contributed by atoms with Gasteiger partial charge in [0.05, 0.1) is 0 Å². The van der Waals surface area contributed by atoms with Crippen molar-refractivity contribution in [2.75, 3.05) is 13.1 Å². The lowest BCUT2D eigenvalue weighted by molar-refractivity contribution is 0.0256. The van der Waals surface area contributed by atoms with E-state index in [-0.39, 0.29) is 6.09 Å². The molecular formula is C20H31ClN2O2. The lowest BCUT2D eigenvalue weighted by Gasteiger charge is -2.26. The Hall–Kier alpha value is -1.26. The molecule has 2 rings (SSSR count). The Balaban J connectivity index is 1.80. The monoisotopic (exact) mass is 366 g/mol. The quantitative estimate of drug-likeness (QED) is 0.843. The summed E-state index contributed by atoms with van der Waals surface area (Å²) < 4.78 is 5.49. The third-order valence-electron chi connectivity index (χ3n) is 4.36. The molecule has 1 aromatic carbocycles. The van der Waals surface area contributed by atoms with Crippen LogP contribution in [0.15, 0.2) is 24.3 Å². The van der Waals surface area contributed by atoms with Crippen molar-refractivity contribution in [3.05, 3.63) is 34.9 Å². The predicted octanol–water partition coefficient (Wildman–Crippen LogP) is 4.65. The molecule has 0 saturated carbocycles. The summed E-state index contributed by atoms with van der Waals surface area (Å²) in [6, 6.07) is 8.87. The minimum absolute atomic E-state index is 0.192. The number of halogens is 1. The average molecular weight is 367 g/mol. The van der Waals surface area contributed by atoms with Gasteiger partial charge in [-0.15, -0.1) is 0 Å². The maximum absolute atomic E-state index is 12.2. The van der Waals surface area contributed by atoms with Gasteiger partial charge < -0.3 is 15.0 Å². The summed E-state index contributed by atoms with van der Waals surface area (Å²) in [5, 5.41) is 4.49. The van der Waals surface area contributed by atoms with Crippen molar-refractivity contribution >= 4 is 17.7 Å². The molecule has 0 aliphatic carbocycles. The smallest absolute Gasteiger partial charge is 0.410 e. The van der Waals surface area contributed by atoms with Gasteiger partial charge in [-0.2, -0.15) is 0 Å². The number of nitrogens with one attached hydrogen (secondary N) is 1. The fraction of sp³-hybridized carbons (Fsp3) is 0.650. The van der Waals surface area contributed by atoms with Crippen LogP contribution in [-0.4, -0.2) is 41.8 Å². The zero-order chi connectivity index (χ0) is 18.4. The summed E-state index contributed by atoms with van der Waals surface area (Å²) in [5.41, 5.74) is 0.849. The number of ether oxygens (including phenoxy) is 1. The third kappa shape index (κ3) is 7.25. The van der Waals surface area contributed by atoms with Gasteiger partial charge in [0.2, 0.25) is 0 Å². The normalized spacial score (nSPS) is 20.0. The van der Waals surface area contributed by atoms with Gasteiger partial charge in [0.25, 0.3) is 0 Å². The van der Waals surface area contributed by atoms with Crippen molar-refractivity contribution in [1.29, 1.82) is 0 Å². The zero-order valence-corrected chi connectivity index (χ0v) is 16.6. The maximum Gasteiger partial charge on any atom is 0.410 e. The summed E-state index contributed by atoms with van der Waals surface area (Å²) in [6.07, 6.45) is 3.84. The summed E-state index contributed by atoms with van der Waals surface area (Å²) in [6.45, 7) is 9.46. The van der Waals surface area contributed by atoms with Gasteiger partial charge in [-0.1, -0.05) is 23.7 Å². The van der Waals surface area contributed by atoms with Crippen LogP contribution in [0.1, 0.15) is 52.5 Å². The molecule has 2 atom stereocenters. The number of hydrogen-bond donors (Lipinski definition) is 1. The molecule has 1 N–H and O–H groups in total. The number of carbonyl (C=O) groups excluding carboxylic acids is 1. The number of carbonyl (C=O) groups is 1. The fourth-order valence-electron chi connectivity index (χ4n) is 3.21. The maximum atomic E-state index is 12.2. The molecule has 0 bridgehead atoms. The van der Waals surface area contributed by atoms with E-state index in [0.29, 0.717) is 12.1 Å². The van der Waals surface area contributed by atoms with Gasteiger partial charge in [0.1, 0.15) is 5.60 Å². The standard InChI is InChI=1S/C20H31ClN2O2/c1-15(14-16-7-9-17(21)10-8-16)22-18-6-5-12-23(13-11-18)19(24)25-20(2,3)4/h7-10,15,18,22H,5-6,11-14H2,1-4H3. The van der Waals surface area contributed by atoms with E-state index < -0.39 is 5.60 Å². The fourth-order valence-corrected chi connectivity index (χ4v) is 3.33. The first-order valence-corrected chi connectivity index (χ1v) is 9.59. The van der Waals surface area contributed by atoms with Gasteiger partial charge in [-0.25, -0.2) is 4.79 Å². The molecule has 1 aliphatic rings. The van der Waals surface area contributed by atoms with Gasteiger partial charge in [0.15, 0.2) is 0 Å². The van der Waals surface area contributed by atoms with Crippen molar-refractivity contribution in [3.8, 4) is 0 Å². The van der Waals surface area contributed by atoms with E-state index >= 15 is 0 Å². The summed E-state index contributed by atoms with van der Waals surface area (Å²) in [5.74, 6) is 0. The van der Waals surface area contributed by atoms with Crippen LogP contribution < -0.4 is 5.32 Å². The SMILES string of the molecule is CC(Cc1ccc(Cl)cc1)NC1CCCN(C(=O)OC(C)(C)C)CC1. The van der Waals surface area contributed by atoms with E-state index in [1.807, 2.05) is 37.8 Å². The Morgan fingerprint density at radius 2 is 1.96 bits per heavy atom. The second kappa shape index (κ2) is 8.91. The Morgan fingerprint density at radius 1 is 1.28 bits per heavy atom. The van der Waals surface area contributed by atoms with E-state index in [1.165, 1.54) is 5.56 Å². The van der Waals surface area contributed by atoms with Crippen LogP contribution in [0.5, 0.6) is 0 Å². The summed E-state index contributed by atoms with van der Waals surface area (Å²) in [7, 11) is 0. The Bertz CT molecular complexity index is 554. The molecule has 25 heavy (non-hydrogen) atoms. The van der Waals surface area contributed by atoms with Gasteiger partial charge in [-0.05, 0) is 71.1 Å². The number of benzene rings is 1. The number of likely N-dealkylation sites (tertiary alicyclic amines) is 1. The summed E-state index contributed by atoms with van der Waals surface area (Å²) >= 11 is 5.94. The molecule has 1 aromatic rings. The topological polar surface area (TPSA) is 41.6 Å². The molecule has 1 saturated heterocycles. The molecule has 140 valence electrons. The molecule has 1 heterocycles. The highest BCUT2D eigenvalue weighted by molar-refractivity contribution is 6.30. The van der Waals surface area contributed by atoms with E-state index in [9.17, 15) is 4.79 Å². The predicted molar refractivity (Wildman–Crippen MR) is 103 cm³/mol. The minimum Gasteiger partial charge on any atom is -0.444 e. The van der Waals surface area contributed by atoms with Crippen LogP contribution in [0.25, 0.3) is 0 Å². The molecule has 0 spiro atoms. The van der Waals surface area contributed by atoms with E-state index in [0.717, 1.165) is 43.8 Å². The van der Waals surface area contributed by atoms with Crippen LogP contribution in [0.2, 0.25) is 5.02 Å². The lowest BCUT2D eigenvalue weighted by Crippen LogP contribution is -2.40. The zero-order valence-electron chi connectivity index (χ0n) is 15.8. The van der Waals surface area contributed by atoms with Crippen LogP contribution in [-0.2, 0) is 11.2 Å². The highest BCUT2D eigenvalue weighted by Gasteiger charge is 2.25. The molecule has 1 aliphatic heterocycles. The number of nitrogens with zero attached hydrogens (tertiary/aromatic N) is 1. The molecule has 2 unspecified atom stereocenters. The molecule has 4 nitrogen and oxygen atoms in total. The van der Waals surface area contributed by atoms with Crippen molar-refractivity contribution in [2.45, 2.75) is 71.1 Å². The van der Waals surface area contributed by atoms with Crippen LogP contribution >= 0.6 is 11.6 Å². The van der Waals surface area contributed by atoms with Gasteiger partial charge >= 0.3 is 6.09 Å². The van der Waals surface area contributed by atoms with Crippen molar-refractivity contribution < 1.29 is 9.53 Å². The Kier molecular flexibility index (Phi) is 7.14. The second-order valence-electron chi connectivity index (χ2n) is 7.99. The minimum atomic E-state index is -0.436. The first-order chi connectivity index (χ1) is 11.7. The molecular weight excluding hydrogens is 336 g/mol. The first-order valence-electron chi connectivity index (χ1n) is 9.21. The molecule has 0 radical (unpaired) electrons. The molecule has 1 fully saturated rings. The van der Waals surface area contributed by atoms with Crippen LogP contribution in [0.3, 0.4) is 0 Å². The van der Waals surface area contributed by atoms with Gasteiger partial charge in [-0.3, -0.25) is 0 Å². The Morgan fingerprint density at radius 3 is 2.60 bits per heavy atom. The van der Waals surface area contributed by atoms with E-state index in [1.54, 1.807) is 0 Å². The number of amides is 1. The molecule has 5 heteroatoms. The highest BCUT2D eigenvalue weighted by atomic mass is 35.5.